The highest BCUT2D eigenvalue weighted by atomic mass is 35.5. The smallest absolute Gasteiger partial charge is 0.226 e. The fourth-order valence-corrected chi connectivity index (χ4v) is 4.21. The highest BCUT2D eigenvalue weighted by Crippen LogP contribution is 2.61. The highest BCUT2D eigenvalue weighted by Gasteiger charge is 2.61. The summed E-state index contributed by atoms with van der Waals surface area (Å²) in [6.45, 7) is 3.80. The van der Waals surface area contributed by atoms with Crippen molar-refractivity contribution in [2.24, 2.45) is 5.92 Å². The molecule has 1 N–H and O–H groups in total. The Bertz CT molecular complexity index is 539. The van der Waals surface area contributed by atoms with Crippen molar-refractivity contribution in [2.45, 2.75) is 31.1 Å². The van der Waals surface area contributed by atoms with Gasteiger partial charge in [0.05, 0.1) is 0 Å². The van der Waals surface area contributed by atoms with Crippen LogP contribution in [0.25, 0.3) is 0 Å². The van der Waals surface area contributed by atoms with Crippen molar-refractivity contribution in [3.8, 4) is 0 Å². The summed E-state index contributed by atoms with van der Waals surface area (Å²) in [6.07, 6.45) is 4.49. The minimum Gasteiger partial charge on any atom is -0.341 e. The molecule has 1 aromatic rings. The number of rotatable bonds is 1. The molecule has 0 bridgehead atoms. The van der Waals surface area contributed by atoms with Crippen LogP contribution in [0, 0.1) is 5.92 Å². The maximum atomic E-state index is 12.8. The Balaban J connectivity index is 0.00000132. The number of hydrogen-bond donors (Lipinski definition) is 1. The van der Waals surface area contributed by atoms with Crippen LogP contribution in [0.4, 0.5) is 0 Å². The first-order chi connectivity index (χ1) is 9.81. The lowest BCUT2D eigenvalue weighted by Crippen LogP contribution is -2.36. The van der Waals surface area contributed by atoms with Gasteiger partial charge in [-0.3, -0.25) is 4.79 Å². The molecule has 1 aromatic carbocycles. The van der Waals surface area contributed by atoms with Gasteiger partial charge in [0.15, 0.2) is 0 Å². The molecular weight excluding hydrogens is 284 g/mol. The summed E-state index contributed by atoms with van der Waals surface area (Å²) in [7, 11) is 0. The van der Waals surface area contributed by atoms with E-state index in [0.717, 1.165) is 45.4 Å². The van der Waals surface area contributed by atoms with E-state index in [4.69, 9.17) is 0 Å². The van der Waals surface area contributed by atoms with Crippen molar-refractivity contribution in [3.63, 3.8) is 0 Å². The molecule has 1 amide bonds. The fraction of sp³-hybridized carbons (Fsp3) is 0.588. The second-order valence-electron chi connectivity index (χ2n) is 6.50. The topological polar surface area (TPSA) is 32.3 Å². The lowest BCUT2D eigenvalue weighted by atomic mass is 9.95. The molecule has 114 valence electrons. The summed E-state index contributed by atoms with van der Waals surface area (Å²) < 4.78 is 0. The zero-order valence-corrected chi connectivity index (χ0v) is 13.1. The Kier molecular flexibility index (Phi) is 3.98. The third kappa shape index (κ3) is 2.36. The van der Waals surface area contributed by atoms with Gasteiger partial charge in [-0.05, 0) is 43.4 Å². The number of hydrogen-bond acceptors (Lipinski definition) is 2. The quantitative estimate of drug-likeness (QED) is 0.862. The predicted molar refractivity (Wildman–Crippen MR) is 85.9 cm³/mol. The first-order valence-electron chi connectivity index (χ1n) is 7.89. The normalized spacial score (nSPS) is 30.5. The number of amides is 1. The van der Waals surface area contributed by atoms with Crippen LogP contribution in [0.1, 0.15) is 30.4 Å². The molecule has 2 fully saturated rings. The van der Waals surface area contributed by atoms with Crippen LogP contribution in [-0.2, 0) is 16.6 Å². The summed E-state index contributed by atoms with van der Waals surface area (Å²) in [5, 5.41) is 3.37. The summed E-state index contributed by atoms with van der Waals surface area (Å²) in [4.78, 5) is 14.9. The predicted octanol–water partition coefficient (Wildman–Crippen LogP) is 2.13. The maximum absolute atomic E-state index is 12.8. The highest BCUT2D eigenvalue weighted by molar-refractivity contribution is 5.85. The van der Waals surface area contributed by atoms with Gasteiger partial charge in [-0.15, -0.1) is 12.4 Å². The molecule has 1 aliphatic heterocycles. The van der Waals surface area contributed by atoms with Crippen molar-refractivity contribution < 1.29 is 4.79 Å². The van der Waals surface area contributed by atoms with E-state index in [9.17, 15) is 4.79 Å². The monoisotopic (exact) mass is 306 g/mol. The van der Waals surface area contributed by atoms with Crippen LogP contribution in [0.15, 0.2) is 24.3 Å². The first kappa shape index (κ1) is 14.9. The number of carbonyl (C=O) groups excluding carboxylic acids is 1. The van der Waals surface area contributed by atoms with E-state index in [2.05, 4.69) is 34.5 Å². The van der Waals surface area contributed by atoms with Gasteiger partial charge in [0, 0.05) is 31.0 Å². The molecule has 3 aliphatic rings. The zero-order valence-electron chi connectivity index (χ0n) is 12.3. The second kappa shape index (κ2) is 5.62. The third-order valence-electron chi connectivity index (χ3n) is 5.42. The van der Waals surface area contributed by atoms with E-state index in [-0.39, 0.29) is 23.7 Å². The first-order valence-corrected chi connectivity index (χ1v) is 7.89. The van der Waals surface area contributed by atoms with Gasteiger partial charge in [0.1, 0.15) is 0 Å². The van der Waals surface area contributed by atoms with Crippen molar-refractivity contribution in [3.05, 3.63) is 35.4 Å². The average Bonchev–Trinajstić information content (AvgIpc) is 3.17. The van der Waals surface area contributed by atoms with E-state index >= 15 is 0 Å². The summed E-state index contributed by atoms with van der Waals surface area (Å²) in [5.41, 5.74) is 3.14. The molecule has 1 spiro atoms. The molecule has 4 heteroatoms. The molecule has 0 radical (unpaired) electrons. The molecule has 2 aliphatic carbocycles. The molecule has 21 heavy (non-hydrogen) atoms. The van der Waals surface area contributed by atoms with Crippen molar-refractivity contribution in [1.82, 2.24) is 10.2 Å². The van der Waals surface area contributed by atoms with Gasteiger partial charge in [0.2, 0.25) is 5.91 Å². The third-order valence-corrected chi connectivity index (χ3v) is 5.42. The Labute approximate surface area is 132 Å². The Morgan fingerprint density at radius 1 is 1.24 bits per heavy atom. The van der Waals surface area contributed by atoms with Gasteiger partial charge in [0.25, 0.3) is 0 Å². The summed E-state index contributed by atoms with van der Waals surface area (Å²) >= 11 is 0. The zero-order chi connectivity index (χ0) is 13.6. The molecule has 1 saturated carbocycles. The lowest BCUT2D eigenvalue weighted by molar-refractivity contribution is -0.132. The van der Waals surface area contributed by atoms with Crippen LogP contribution >= 0.6 is 12.4 Å². The Morgan fingerprint density at radius 3 is 3.00 bits per heavy atom. The SMILES string of the molecule is Cl.O=C(C1CC12CCc1ccccc12)N1CCCNCC1. The summed E-state index contributed by atoms with van der Waals surface area (Å²) in [6, 6.07) is 8.73. The molecule has 1 heterocycles. The Hall–Kier alpha value is -1.06. The van der Waals surface area contributed by atoms with Crippen molar-refractivity contribution in [1.29, 1.82) is 0 Å². The average molecular weight is 307 g/mol. The molecule has 4 rings (SSSR count). The number of fused-ring (bicyclic) bond motifs is 2. The van der Waals surface area contributed by atoms with Crippen LogP contribution in [0.5, 0.6) is 0 Å². The number of halogens is 1. The van der Waals surface area contributed by atoms with Gasteiger partial charge in [-0.25, -0.2) is 0 Å². The number of nitrogens with zero attached hydrogens (tertiary/aromatic N) is 1. The number of carbonyl (C=O) groups is 1. The Morgan fingerprint density at radius 2 is 2.10 bits per heavy atom. The van der Waals surface area contributed by atoms with Crippen LogP contribution in [-0.4, -0.2) is 37.0 Å². The minimum atomic E-state index is 0. The van der Waals surface area contributed by atoms with Crippen LogP contribution in [0.3, 0.4) is 0 Å². The van der Waals surface area contributed by atoms with E-state index in [0.29, 0.717) is 5.91 Å². The standard InChI is InChI=1S/C17H22N2O.ClH/c20-16(19-10-3-8-18-9-11-19)15-12-17(15)7-6-13-4-1-2-5-14(13)17;/h1-2,4-5,15,18H,3,6-12H2;1H. The lowest BCUT2D eigenvalue weighted by Gasteiger charge is -2.21. The fourth-order valence-electron chi connectivity index (χ4n) is 4.21. The minimum absolute atomic E-state index is 0. The van der Waals surface area contributed by atoms with E-state index in [1.54, 1.807) is 0 Å². The largest absolute Gasteiger partial charge is 0.341 e. The number of benzene rings is 1. The van der Waals surface area contributed by atoms with Crippen LogP contribution < -0.4 is 5.32 Å². The van der Waals surface area contributed by atoms with Crippen LogP contribution in [0.2, 0.25) is 0 Å². The number of nitrogens with one attached hydrogen (secondary N) is 1. The molecule has 3 nitrogen and oxygen atoms in total. The van der Waals surface area contributed by atoms with E-state index in [1.165, 1.54) is 17.5 Å². The molecule has 2 atom stereocenters. The van der Waals surface area contributed by atoms with E-state index < -0.39 is 0 Å². The van der Waals surface area contributed by atoms with Crippen molar-refractivity contribution in [2.75, 3.05) is 26.2 Å². The van der Waals surface area contributed by atoms with Gasteiger partial charge >= 0.3 is 0 Å². The van der Waals surface area contributed by atoms with E-state index in [1.807, 2.05) is 0 Å². The van der Waals surface area contributed by atoms with Gasteiger partial charge in [-0.1, -0.05) is 24.3 Å². The molecular formula is C17H23ClN2O. The molecule has 0 aromatic heterocycles. The van der Waals surface area contributed by atoms with Gasteiger partial charge < -0.3 is 10.2 Å². The van der Waals surface area contributed by atoms with Gasteiger partial charge in [-0.2, -0.15) is 0 Å². The molecule has 2 unspecified atom stereocenters. The summed E-state index contributed by atoms with van der Waals surface area (Å²) in [5.74, 6) is 0.662. The maximum Gasteiger partial charge on any atom is 0.226 e. The number of aryl methyl sites for hydroxylation is 1. The van der Waals surface area contributed by atoms with Crippen molar-refractivity contribution >= 4 is 18.3 Å². The second-order valence-corrected chi connectivity index (χ2v) is 6.50. The molecule has 1 saturated heterocycles.